The molecule has 0 aliphatic rings. The van der Waals surface area contributed by atoms with Crippen molar-refractivity contribution in [3.63, 3.8) is 0 Å². The minimum Gasteiger partial charge on any atom is -0.404 e. The van der Waals surface area contributed by atoms with Crippen LogP contribution < -0.4 is 9.84 Å². The van der Waals surface area contributed by atoms with E-state index in [1.807, 2.05) is 26.2 Å². The molecule has 1 heterocycles. The first-order valence-corrected chi connectivity index (χ1v) is 7.44. The minimum atomic E-state index is -4.56. The van der Waals surface area contributed by atoms with Gasteiger partial charge in [-0.3, -0.25) is 9.79 Å². The molecule has 1 aromatic heterocycles. The molecule has 0 spiro atoms. The topological polar surface area (TPSA) is 94.6 Å². The fourth-order valence-electron chi connectivity index (χ4n) is 2.09. The second-order valence-corrected chi connectivity index (χ2v) is 5.60. The predicted molar refractivity (Wildman–Crippen MR) is 73.3 cm³/mol. The third-order valence-electron chi connectivity index (χ3n) is 2.83. The van der Waals surface area contributed by atoms with Gasteiger partial charge in [0.1, 0.15) is 5.75 Å². The quantitative estimate of drug-likeness (QED) is 0.627. The van der Waals surface area contributed by atoms with Crippen molar-refractivity contribution in [3.05, 3.63) is 29.5 Å². The lowest BCUT2D eigenvalue weighted by Crippen LogP contribution is -2.10. The normalized spacial score (nSPS) is 12.0. The van der Waals surface area contributed by atoms with Crippen molar-refractivity contribution >= 4 is 18.7 Å². The lowest BCUT2D eigenvalue weighted by molar-refractivity contribution is 0.284. The summed E-state index contributed by atoms with van der Waals surface area (Å²) in [4.78, 5) is 21.1. The summed E-state index contributed by atoms with van der Waals surface area (Å²) in [5.74, 6) is 0.218. The number of likely N-dealkylation sites (N-methyl/N-ethyl adjacent to an activating group) is 1. The monoisotopic (exact) mass is 284 g/mol. The Hall–Kier alpha value is -1.33. The molecule has 0 bridgehead atoms. The number of aryl methyl sites for hydroxylation is 1. The lowest BCUT2D eigenvalue weighted by atomic mass is 10.1. The maximum Gasteiger partial charge on any atom is 0.524 e. The van der Waals surface area contributed by atoms with Crippen LogP contribution in [0.15, 0.2) is 18.3 Å². The molecule has 0 atom stereocenters. The van der Waals surface area contributed by atoms with E-state index >= 15 is 0 Å². The third-order valence-corrected chi connectivity index (χ3v) is 3.27. The fraction of sp³-hybridized carbons (Fsp3) is 0.333. The van der Waals surface area contributed by atoms with Gasteiger partial charge in [-0.2, -0.15) is 0 Å². The summed E-state index contributed by atoms with van der Waals surface area (Å²) in [5.41, 5.74) is 2.65. The van der Waals surface area contributed by atoms with Gasteiger partial charge in [0.05, 0.1) is 0 Å². The standard InChI is InChI=1S/C12H17N2O4P/c1-8-5-10-12(9(7-14-10)3-4-13-2)11(6-8)18-19(15,16)17/h5-7,13-14H,3-4H2,1-2H3,(H2,15,16,17). The van der Waals surface area contributed by atoms with Crippen LogP contribution in [0.4, 0.5) is 0 Å². The Labute approximate surface area is 111 Å². The molecule has 2 aromatic rings. The first-order valence-electron chi connectivity index (χ1n) is 5.91. The van der Waals surface area contributed by atoms with E-state index in [0.29, 0.717) is 0 Å². The van der Waals surface area contributed by atoms with E-state index in [1.165, 1.54) is 0 Å². The van der Waals surface area contributed by atoms with E-state index in [1.54, 1.807) is 6.07 Å². The zero-order valence-electron chi connectivity index (χ0n) is 10.8. The van der Waals surface area contributed by atoms with Crippen LogP contribution in [0, 0.1) is 6.92 Å². The van der Waals surface area contributed by atoms with Gasteiger partial charge in [-0.1, -0.05) is 0 Å². The molecule has 0 unspecified atom stereocenters. The van der Waals surface area contributed by atoms with Crippen molar-refractivity contribution in [1.82, 2.24) is 10.3 Å². The minimum absolute atomic E-state index is 0.218. The maximum atomic E-state index is 11.1. The molecule has 0 fully saturated rings. The maximum absolute atomic E-state index is 11.1. The van der Waals surface area contributed by atoms with Crippen molar-refractivity contribution in [1.29, 1.82) is 0 Å². The third kappa shape index (κ3) is 3.36. The van der Waals surface area contributed by atoms with E-state index in [9.17, 15) is 4.57 Å². The van der Waals surface area contributed by atoms with Crippen LogP contribution in [-0.2, 0) is 11.0 Å². The number of hydrogen-bond donors (Lipinski definition) is 4. The molecule has 0 aliphatic carbocycles. The number of hydrogen-bond acceptors (Lipinski definition) is 3. The SMILES string of the molecule is CNCCc1c[nH]c2cc(C)cc(OP(=O)(O)O)c12. The van der Waals surface area contributed by atoms with Crippen LogP contribution in [0.5, 0.6) is 5.75 Å². The molecule has 19 heavy (non-hydrogen) atoms. The zero-order chi connectivity index (χ0) is 14.0. The zero-order valence-corrected chi connectivity index (χ0v) is 11.7. The largest absolute Gasteiger partial charge is 0.524 e. The van der Waals surface area contributed by atoms with Gasteiger partial charge in [0.2, 0.25) is 0 Å². The molecule has 6 nitrogen and oxygen atoms in total. The number of fused-ring (bicyclic) bond motifs is 1. The highest BCUT2D eigenvalue weighted by atomic mass is 31.2. The molecule has 2 rings (SSSR count). The first-order chi connectivity index (χ1) is 8.90. The fourth-order valence-corrected chi connectivity index (χ4v) is 2.49. The van der Waals surface area contributed by atoms with Crippen molar-refractivity contribution in [2.24, 2.45) is 0 Å². The van der Waals surface area contributed by atoms with Gasteiger partial charge in [0, 0.05) is 17.1 Å². The van der Waals surface area contributed by atoms with Crippen molar-refractivity contribution in [2.75, 3.05) is 13.6 Å². The molecular weight excluding hydrogens is 267 g/mol. The number of benzene rings is 1. The summed E-state index contributed by atoms with van der Waals surface area (Å²) in [6, 6.07) is 3.56. The summed E-state index contributed by atoms with van der Waals surface area (Å²) in [6.07, 6.45) is 2.59. The smallest absolute Gasteiger partial charge is 0.404 e. The average Bonchev–Trinajstić information content (AvgIpc) is 2.67. The summed E-state index contributed by atoms with van der Waals surface area (Å²) in [5, 5.41) is 3.77. The predicted octanol–water partition coefficient (Wildman–Crippen LogP) is 1.71. The number of H-pyrrole nitrogens is 1. The molecule has 7 heteroatoms. The Morgan fingerprint density at radius 3 is 2.79 bits per heavy atom. The highest BCUT2D eigenvalue weighted by Gasteiger charge is 2.20. The number of nitrogens with one attached hydrogen (secondary N) is 2. The van der Waals surface area contributed by atoms with Crippen molar-refractivity contribution in [3.8, 4) is 5.75 Å². The van der Waals surface area contributed by atoms with E-state index in [-0.39, 0.29) is 5.75 Å². The molecule has 0 amide bonds. The molecule has 4 N–H and O–H groups in total. The summed E-state index contributed by atoms with van der Waals surface area (Å²) in [7, 11) is -2.71. The van der Waals surface area contributed by atoms with Crippen LogP contribution in [0.3, 0.4) is 0 Å². The van der Waals surface area contributed by atoms with Gasteiger partial charge in [-0.15, -0.1) is 0 Å². The summed E-state index contributed by atoms with van der Waals surface area (Å²) >= 11 is 0. The van der Waals surface area contributed by atoms with E-state index in [4.69, 9.17) is 14.3 Å². The molecule has 0 aliphatic heterocycles. The molecule has 104 valence electrons. The molecule has 0 saturated heterocycles. The first kappa shape index (κ1) is 14.1. The second-order valence-electron chi connectivity index (χ2n) is 4.43. The van der Waals surface area contributed by atoms with E-state index in [2.05, 4.69) is 10.3 Å². The Bertz CT molecular complexity index is 632. The van der Waals surface area contributed by atoms with Crippen LogP contribution in [0.25, 0.3) is 10.9 Å². The van der Waals surface area contributed by atoms with Gasteiger partial charge < -0.3 is 14.8 Å². The van der Waals surface area contributed by atoms with Crippen molar-refractivity contribution < 1.29 is 18.9 Å². The molecular formula is C12H17N2O4P. The molecule has 0 radical (unpaired) electrons. The van der Waals surface area contributed by atoms with Crippen LogP contribution >= 0.6 is 7.82 Å². The van der Waals surface area contributed by atoms with Gasteiger partial charge in [0.25, 0.3) is 0 Å². The van der Waals surface area contributed by atoms with Gasteiger partial charge >= 0.3 is 7.82 Å². The summed E-state index contributed by atoms with van der Waals surface area (Å²) < 4.78 is 15.9. The number of aromatic amines is 1. The lowest BCUT2D eigenvalue weighted by Gasteiger charge is -2.10. The Morgan fingerprint density at radius 2 is 2.16 bits per heavy atom. The van der Waals surface area contributed by atoms with E-state index < -0.39 is 7.82 Å². The van der Waals surface area contributed by atoms with Gasteiger partial charge in [0.15, 0.2) is 0 Å². The second kappa shape index (κ2) is 5.35. The van der Waals surface area contributed by atoms with Crippen LogP contribution in [0.2, 0.25) is 0 Å². The van der Waals surface area contributed by atoms with Gasteiger partial charge in [-0.05, 0) is 50.2 Å². The van der Waals surface area contributed by atoms with E-state index in [0.717, 1.165) is 35.0 Å². The number of phosphoric ester groups is 1. The highest BCUT2D eigenvalue weighted by Crippen LogP contribution is 2.42. The van der Waals surface area contributed by atoms with Gasteiger partial charge in [-0.25, -0.2) is 4.57 Å². The summed E-state index contributed by atoms with van der Waals surface area (Å²) in [6.45, 7) is 2.62. The number of rotatable bonds is 5. The Kier molecular flexibility index (Phi) is 3.96. The number of phosphoric acid groups is 1. The van der Waals surface area contributed by atoms with Crippen molar-refractivity contribution in [2.45, 2.75) is 13.3 Å². The average molecular weight is 284 g/mol. The van der Waals surface area contributed by atoms with Crippen LogP contribution in [-0.4, -0.2) is 28.4 Å². The molecule has 1 aromatic carbocycles. The Balaban J connectivity index is 2.52. The Morgan fingerprint density at radius 1 is 1.42 bits per heavy atom. The highest BCUT2D eigenvalue weighted by molar-refractivity contribution is 7.46. The number of aromatic nitrogens is 1. The molecule has 0 saturated carbocycles. The van der Waals surface area contributed by atoms with Crippen LogP contribution in [0.1, 0.15) is 11.1 Å².